The first-order valence-corrected chi connectivity index (χ1v) is 9.02. The zero-order valence-corrected chi connectivity index (χ0v) is 14.4. The smallest absolute Gasteiger partial charge is 0.239 e. The summed E-state index contributed by atoms with van der Waals surface area (Å²) in [7, 11) is 0. The standard InChI is InChI=1S/C16H23N5O2S/c22-10-9-19-5-7-20(8-6-19)13-16(23)18-15-3-4-17-21(15)12-14-2-1-11-24-14/h1-4,11,22H,5-10,12-13H2,(H,18,23). The average molecular weight is 349 g/mol. The number of nitrogens with one attached hydrogen (secondary N) is 1. The van der Waals surface area contributed by atoms with Crippen molar-refractivity contribution in [1.29, 1.82) is 0 Å². The Hall–Kier alpha value is -1.74. The minimum absolute atomic E-state index is 0.0152. The Balaban J connectivity index is 1.48. The van der Waals surface area contributed by atoms with Crippen LogP contribution in [-0.4, -0.2) is 76.5 Å². The number of nitrogens with zero attached hydrogens (tertiary/aromatic N) is 4. The van der Waals surface area contributed by atoms with Crippen molar-refractivity contribution in [1.82, 2.24) is 19.6 Å². The summed E-state index contributed by atoms with van der Waals surface area (Å²) >= 11 is 1.68. The van der Waals surface area contributed by atoms with Crippen LogP contribution in [0.4, 0.5) is 5.82 Å². The number of aliphatic hydroxyl groups is 1. The number of β-amino-alcohol motifs (C(OH)–C–C–N with tert-alkyl or cyclic N) is 1. The molecule has 2 aromatic rings. The molecule has 3 heterocycles. The molecule has 1 saturated heterocycles. The number of thiophene rings is 1. The molecule has 3 rings (SSSR count). The third-order valence-electron chi connectivity index (χ3n) is 4.12. The van der Waals surface area contributed by atoms with Crippen molar-refractivity contribution in [2.45, 2.75) is 6.54 Å². The quantitative estimate of drug-likeness (QED) is 0.763. The van der Waals surface area contributed by atoms with E-state index in [-0.39, 0.29) is 12.5 Å². The molecule has 0 bridgehead atoms. The first kappa shape index (κ1) is 17.1. The molecule has 7 nitrogen and oxygen atoms in total. The van der Waals surface area contributed by atoms with Crippen LogP contribution in [0.15, 0.2) is 29.8 Å². The monoisotopic (exact) mass is 349 g/mol. The second-order valence-electron chi connectivity index (χ2n) is 5.84. The molecule has 130 valence electrons. The van der Waals surface area contributed by atoms with E-state index in [2.05, 4.69) is 26.3 Å². The number of anilines is 1. The minimum atomic E-state index is -0.0152. The third kappa shape index (κ3) is 4.64. The highest BCUT2D eigenvalue weighted by molar-refractivity contribution is 7.09. The van der Waals surface area contributed by atoms with Crippen LogP contribution in [0.5, 0.6) is 0 Å². The van der Waals surface area contributed by atoms with Crippen LogP contribution >= 0.6 is 11.3 Å². The fourth-order valence-corrected chi connectivity index (χ4v) is 3.50. The Morgan fingerprint density at radius 1 is 1.25 bits per heavy atom. The van der Waals surface area contributed by atoms with E-state index in [4.69, 9.17) is 5.11 Å². The number of aromatic nitrogens is 2. The van der Waals surface area contributed by atoms with Crippen molar-refractivity contribution in [2.75, 3.05) is 51.2 Å². The maximum atomic E-state index is 12.3. The van der Waals surface area contributed by atoms with Crippen molar-refractivity contribution >= 4 is 23.1 Å². The summed E-state index contributed by atoms with van der Waals surface area (Å²) in [6, 6.07) is 5.90. The topological polar surface area (TPSA) is 73.6 Å². The van der Waals surface area contributed by atoms with Crippen molar-refractivity contribution in [3.63, 3.8) is 0 Å². The maximum absolute atomic E-state index is 12.3. The lowest BCUT2D eigenvalue weighted by Crippen LogP contribution is -2.49. The van der Waals surface area contributed by atoms with E-state index in [0.717, 1.165) is 32.0 Å². The Kier molecular flexibility index (Phi) is 5.97. The van der Waals surface area contributed by atoms with E-state index in [0.29, 0.717) is 19.6 Å². The van der Waals surface area contributed by atoms with Crippen LogP contribution in [0.25, 0.3) is 0 Å². The second-order valence-corrected chi connectivity index (χ2v) is 6.88. The summed E-state index contributed by atoms with van der Waals surface area (Å²) in [5, 5.41) is 18.2. The van der Waals surface area contributed by atoms with Crippen molar-refractivity contribution in [3.05, 3.63) is 34.7 Å². The molecule has 2 N–H and O–H groups in total. The van der Waals surface area contributed by atoms with Gasteiger partial charge in [0.15, 0.2) is 0 Å². The van der Waals surface area contributed by atoms with Crippen LogP contribution in [0.3, 0.4) is 0 Å². The van der Waals surface area contributed by atoms with E-state index in [9.17, 15) is 4.79 Å². The summed E-state index contributed by atoms with van der Waals surface area (Å²) in [5.41, 5.74) is 0. The molecule has 0 saturated carbocycles. The van der Waals surface area contributed by atoms with Crippen molar-refractivity contribution in [2.24, 2.45) is 0 Å². The Morgan fingerprint density at radius 3 is 2.75 bits per heavy atom. The molecule has 1 aliphatic heterocycles. The normalized spacial score (nSPS) is 16.4. The number of carbonyl (C=O) groups excluding carboxylic acids is 1. The molecular weight excluding hydrogens is 326 g/mol. The molecule has 1 aliphatic rings. The Bertz CT molecular complexity index is 635. The molecule has 24 heavy (non-hydrogen) atoms. The van der Waals surface area contributed by atoms with Gasteiger partial charge in [0.1, 0.15) is 5.82 Å². The molecule has 0 aliphatic carbocycles. The number of piperazine rings is 1. The van der Waals surface area contributed by atoms with Gasteiger partial charge >= 0.3 is 0 Å². The van der Waals surface area contributed by atoms with Gasteiger partial charge in [-0.3, -0.25) is 14.6 Å². The zero-order chi connectivity index (χ0) is 16.8. The fourth-order valence-electron chi connectivity index (χ4n) is 2.81. The average Bonchev–Trinajstić information content (AvgIpc) is 3.23. The van der Waals surface area contributed by atoms with Gasteiger partial charge in [-0.15, -0.1) is 11.3 Å². The molecule has 0 radical (unpaired) electrons. The summed E-state index contributed by atoms with van der Waals surface area (Å²) < 4.78 is 1.81. The fraction of sp³-hybridized carbons (Fsp3) is 0.500. The molecule has 8 heteroatoms. The largest absolute Gasteiger partial charge is 0.395 e. The van der Waals surface area contributed by atoms with Crippen molar-refractivity contribution < 1.29 is 9.90 Å². The highest BCUT2D eigenvalue weighted by atomic mass is 32.1. The third-order valence-corrected chi connectivity index (χ3v) is 4.98. The molecular formula is C16H23N5O2S. The van der Waals surface area contributed by atoms with Gasteiger partial charge in [-0.05, 0) is 11.4 Å². The number of rotatable bonds is 7. The van der Waals surface area contributed by atoms with Gasteiger partial charge in [0, 0.05) is 43.7 Å². The molecule has 0 aromatic carbocycles. The zero-order valence-electron chi connectivity index (χ0n) is 13.6. The number of aliphatic hydroxyl groups excluding tert-OH is 1. The van der Waals surface area contributed by atoms with Gasteiger partial charge < -0.3 is 10.4 Å². The van der Waals surface area contributed by atoms with Gasteiger partial charge in [0.25, 0.3) is 0 Å². The van der Waals surface area contributed by atoms with E-state index in [1.165, 1.54) is 4.88 Å². The Labute approximate surface area is 145 Å². The van der Waals surface area contributed by atoms with Gasteiger partial charge in [0.2, 0.25) is 5.91 Å². The van der Waals surface area contributed by atoms with Crippen LogP contribution in [0.1, 0.15) is 4.88 Å². The number of hydrogen-bond donors (Lipinski definition) is 2. The van der Waals surface area contributed by atoms with Gasteiger partial charge in [0.05, 0.1) is 25.9 Å². The van der Waals surface area contributed by atoms with Gasteiger partial charge in [-0.2, -0.15) is 5.10 Å². The van der Waals surface area contributed by atoms with E-state index < -0.39 is 0 Å². The Morgan fingerprint density at radius 2 is 2.04 bits per heavy atom. The lowest BCUT2D eigenvalue weighted by molar-refractivity contribution is -0.117. The highest BCUT2D eigenvalue weighted by Gasteiger charge is 2.19. The first-order valence-electron chi connectivity index (χ1n) is 8.14. The lowest BCUT2D eigenvalue weighted by atomic mass is 10.3. The number of hydrogen-bond acceptors (Lipinski definition) is 6. The summed E-state index contributed by atoms with van der Waals surface area (Å²) in [6.07, 6.45) is 1.71. The maximum Gasteiger partial charge on any atom is 0.239 e. The predicted octanol–water partition coefficient (Wildman–Crippen LogP) is 0.541. The molecule has 1 fully saturated rings. The molecule has 0 atom stereocenters. The first-order chi connectivity index (χ1) is 11.7. The predicted molar refractivity (Wildman–Crippen MR) is 94.2 cm³/mol. The summed E-state index contributed by atoms with van der Waals surface area (Å²) in [6.45, 7) is 5.44. The van der Waals surface area contributed by atoms with Crippen LogP contribution in [0.2, 0.25) is 0 Å². The van der Waals surface area contributed by atoms with Crippen LogP contribution < -0.4 is 5.32 Å². The number of amides is 1. The molecule has 0 spiro atoms. The van der Waals surface area contributed by atoms with E-state index in [1.54, 1.807) is 17.5 Å². The highest BCUT2D eigenvalue weighted by Crippen LogP contribution is 2.14. The van der Waals surface area contributed by atoms with E-state index >= 15 is 0 Å². The number of carbonyl (C=O) groups is 1. The molecule has 2 aromatic heterocycles. The van der Waals surface area contributed by atoms with Crippen LogP contribution in [-0.2, 0) is 11.3 Å². The van der Waals surface area contributed by atoms with E-state index in [1.807, 2.05) is 22.2 Å². The molecule has 0 unspecified atom stereocenters. The summed E-state index contributed by atoms with van der Waals surface area (Å²) in [5.74, 6) is 0.714. The second kappa shape index (κ2) is 8.39. The van der Waals surface area contributed by atoms with Crippen molar-refractivity contribution in [3.8, 4) is 0 Å². The SMILES string of the molecule is O=C(CN1CCN(CCO)CC1)Nc1ccnn1Cc1cccs1. The minimum Gasteiger partial charge on any atom is -0.395 e. The lowest BCUT2D eigenvalue weighted by Gasteiger charge is -2.33. The summed E-state index contributed by atoms with van der Waals surface area (Å²) in [4.78, 5) is 17.9. The van der Waals surface area contributed by atoms with Gasteiger partial charge in [-0.1, -0.05) is 6.07 Å². The van der Waals surface area contributed by atoms with Gasteiger partial charge in [-0.25, -0.2) is 4.68 Å². The van der Waals surface area contributed by atoms with Crippen LogP contribution in [0, 0.1) is 0 Å². The molecule has 1 amide bonds.